The molecule has 0 heterocycles. The number of benzene rings is 2. The van der Waals surface area contributed by atoms with E-state index in [1.165, 1.54) is 13.2 Å². The van der Waals surface area contributed by atoms with Gasteiger partial charge >= 0.3 is 6.18 Å². The van der Waals surface area contributed by atoms with Gasteiger partial charge in [0.1, 0.15) is 0 Å². The second-order valence-corrected chi connectivity index (χ2v) is 8.15. The molecule has 1 N–H and O–H groups in total. The van der Waals surface area contributed by atoms with Crippen molar-refractivity contribution in [3.05, 3.63) is 88.6 Å². The number of allylic oxidation sites excluding steroid dienone is 3. The number of carbonyl (C=O) groups excluding carboxylic acids is 2. The molecule has 0 aliphatic rings. The van der Waals surface area contributed by atoms with Gasteiger partial charge in [0.15, 0.2) is 6.29 Å². The molecule has 38 heavy (non-hydrogen) atoms. The van der Waals surface area contributed by atoms with Crippen LogP contribution < -0.4 is 5.53 Å². The predicted octanol–water partition coefficient (Wildman–Crippen LogP) is 6.41. The SMILES string of the molecule is CC/C=C(\C=C/C(C)C(F)(F)F)N(C=O)NN=NCc1ccc(N=C(OC)c2ccccc2C=O)c(C)c1. The Labute approximate surface area is 219 Å². The fraction of sp³-hybridized carbons (Fsp3) is 0.296. The Kier molecular flexibility index (Phi) is 11.4. The van der Waals surface area contributed by atoms with Crippen LogP contribution in [-0.4, -0.2) is 36.9 Å². The number of halogens is 3. The molecule has 0 aliphatic heterocycles. The van der Waals surface area contributed by atoms with Gasteiger partial charge in [0.25, 0.3) is 0 Å². The first kappa shape index (κ1) is 29.9. The zero-order valence-electron chi connectivity index (χ0n) is 21.6. The third kappa shape index (κ3) is 8.68. The molecule has 0 saturated heterocycles. The quantitative estimate of drug-likeness (QED) is 0.0858. The molecular weight excluding hydrogens is 499 g/mol. The summed E-state index contributed by atoms with van der Waals surface area (Å²) in [5.41, 5.74) is 5.95. The van der Waals surface area contributed by atoms with Crippen LogP contribution in [0.5, 0.6) is 0 Å². The first-order valence-electron chi connectivity index (χ1n) is 11.7. The summed E-state index contributed by atoms with van der Waals surface area (Å²) in [7, 11) is 1.48. The highest BCUT2D eigenvalue weighted by Gasteiger charge is 2.33. The number of amides is 1. The van der Waals surface area contributed by atoms with Crippen LogP contribution in [0.2, 0.25) is 0 Å². The zero-order chi connectivity index (χ0) is 28.1. The minimum atomic E-state index is -4.38. The molecule has 1 amide bonds. The Morgan fingerprint density at radius 1 is 1.18 bits per heavy atom. The summed E-state index contributed by atoms with van der Waals surface area (Å²) >= 11 is 0. The smallest absolute Gasteiger partial charge is 0.394 e. The van der Waals surface area contributed by atoms with Crippen LogP contribution in [0.4, 0.5) is 18.9 Å². The summed E-state index contributed by atoms with van der Waals surface area (Å²) in [6.07, 6.45) is 1.02. The highest BCUT2D eigenvalue weighted by atomic mass is 19.4. The number of aldehydes is 1. The molecule has 202 valence electrons. The maximum Gasteiger partial charge on any atom is 0.394 e. The highest BCUT2D eigenvalue weighted by Crippen LogP contribution is 2.27. The number of ether oxygens (including phenoxy) is 1. The van der Waals surface area contributed by atoms with Crippen molar-refractivity contribution in [2.24, 2.45) is 21.2 Å². The van der Waals surface area contributed by atoms with Crippen LogP contribution in [0, 0.1) is 12.8 Å². The lowest BCUT2D eigenvalue weighted by Gasteiger charge is -2.17. The van der Waals surface area contributed by atoms with Gasteiger partial charge in [0.05, 0.1) is 31.0 Å². The first-order chi connectivity index (χ1) is 18.1. The molecule has 2 aromatic rings. The van der Waals surface area contributed by atoms with E-state index in [-0.39, 0.29) is 12.2 Å². The van der Waals surface area contributed by atoms with Crippen molar-refractivity contribution in [3.63, 3.8) is 0 Å². The van der Waals surface area contributed by atoms with E-state index < -0.39 is 12.1 Å². The number of hydrazine groups is 1. The second kappa shape index (κ2) is 14.5. The van der Waals surface area contributed by atoms with Crippen LogP contribution in [0.3, 0.4) is 0 Å². The average Bonchev–Trinajstić information content (AvgIpc) is 2.90. The lowest BCUT2D eigenvalue weighted by Crippen LogP contribution is -2.31. The molecule has 2 aromatic carbocycles. The van der Waals surface area contributed by atoms with E-state index in [1.54, 1.807) is 49.4 Å². The number of carbonyl (C=O) groups is 2. The Morgan fingerprint density at radius 3 is 2.53 bits per heavy atom. The summed E-state index contributed by atoms with van der Waals surface area (Å²) in [6, 6.07) is 12.4. The zero-order valence-corrected chi connectivity index (χ0v) is 21.6. The van der Waals surface area contributed by atoms with Gasteiger partial charge in [-0.25, -0.2) is 10.0 Å². The van der Waals surface area contributed by atoms with Gasteiger partial charge in [-0.15, -0.1) is 0 Å². The second-order valence-electron chi connectivity index (χ2n) is 8.15. The summed E-state index contributed by atoms with van der Waals surface area (Å²) in [5.74, 6) is -1.37. The van der Waals surface area contributed by atoms with Crippen LogP contribution in [0.25, 0.3) is 0 Å². The molecule has 11 heteroatoms. The molecule has 0 radical (unpaired) electrons. The molecule has 1 atom stereocenters. The molecule has 2 rings (SSSR count). The third-order valence-corrected chi connectivity index (χ3v) is 5.34. The van der Waals surface area contributed by atoms with Gasteiger partial charge in [0.2, 0.25) is 12.3 Å². The predicted molar refractivity (Wildman–Crippen MR) is 139 cm³/mol. The van der Waals surface area contributed by atoms with Crippen molar-refractivity contribution in [2.75, 3.05) is 7.11 Å². The number of hydrogen-bond acceptors (Lipinski definition) is 6. The number of rotatable bonds is 12. The van der Waals surface area contributed by atoms with Crippen molar-refractivity contribution < 1.29 is 27.5 Å². The largest absolute Gasteiger partial charge is 0.481 e. The number of nitrogens with zero attached hydrogens (tertiary/aromatic N) is 4. The van der Waals surface area contributed by atoms with Crippen molar-refractivity contribution >= 4 is 24.3 Å². The number of nitrogens with one attached hydrogen (secondary N) is 1. The molecule has 0 aromatic heterocycles. The maximum atomic E-state index is 12.8. The molecule has 1 unspecified atom stereocenters. The Morgan fingerprint density at radius 2 is 1.92 bits per heavy atom. The standard InChI is InChI=1S/C27H30F3N5O3/c1-5-8-23(13-11-20(3)27(28,29)30)35(18-37)34-33-31-16-21-12-14-25(19(2)15-21)32-26(38-4)24-10-7-6-9-22(24)17-36/h6-15,17-18,20H,5,16H2,1-4H3,(H,31,34)/b13-11-,23-8+,32-26?. The van der Waals surface area contributed by atoms with Gasteiger partial charge in [-0.2, -0.15) is 23.8 Å². The minimum Gasteiger partial charge on any atom is -0.481 e. The monoisotopic (exact) mass is 529 g/mol. The van der Waals surface area contributed by atoms with Gasteiger partial charge in [0, 0.05) is 11.1 Å². The van der Waals surface area contributed by atoms with Crippen LogP contribution in [0.15, 0.2) is 81.7 Å². The first-order valence-corrected chi connectivity index (χ1v) is 11.7. The van der Waals surface area contributed by atoms with Gasteiger partial charge in [-0.1, -0.05) is 61.6 Å². The van der Waals surface area contributed by atoms with E-state index in [2.05, 4.69) is 20.9 Å². The lowest BCUT2D eigenvalue weighted by atomic mass is 10.1. The van der Waals surface area contributed by atoms with Gasteiger partial charge in [-0.3, -0.25) is 9.59 Å². The molecule has 0 bridgehead atoms. The number of alkyl halides is 3. The average molecular weight is 530 g/mol. The summed E-state index contributed by atoms with van der Waals surface area (Å²) in [4.78, 5) is 27.4. The van der Waals surface area contributed by atoms with Gasteiger partial charge in [-0.05, 0) is 42.7 Å². The van der Waals surface area contributed by atoms with Crippen molar-refractivity contribution in [1.29, 1.82) is 0 Å². The Hall–Kier alpha value is -4.28. The summed E-state index contributed by atoms with van der Waals surface area (Å²) in [5, 5.41) is 8.73. The van der Waals surface area contributed by atoms with E-state index in [0.717, 1.165) is 35.4 Å². The number of aliphatic imine (C=N–C) groups is 1. The normalized spacial score (nSPS) is 13.6. The highest BCUT2D eigenvalue weighted by molar-refractivity contribution is 6.02. The molecular formula is C27H30F3N5O3. The maximum absolute atomic E-state index is 12.8. The van der Waals surface area contributed by atoms with Gasteiger partial charge < -0.3 is 4.74 Å². The minimum absolute atomic E-state index is 0.170. The Bertz CT molecular complexity index is 1220. The lowest BCUT2D eigenvalue weighted by molar-refractivity contribution is -0.156. The summed E-state index contributed by atoms with van der Waals surface area (Å²) in [6.45, 7) is 4.85. The topological polar surface area (TPSA) is 95.7 Å². The third-order valence-electron chi connectivity index (χ3n) is 5.34. The molecule has 8 nitrogen and oxygen atoms in total. The molecule has 0 saturated carbocycles. The van der Waals surface area contributed by atoms with E-state index in [4.69, 9.17) is 4.74 Å². The van der Waals surface area contributed by atoms with Crippen LogP contribution in [-0.2, 0) is 16.1 Å². The van der Waals surface area contributed by atoms with E-state index in [1.807, 2.05) is 13.0 Å². The fourth-order valence-corrected chi connectivity index (χ4v) is 3.21. The van der Waals surface area contributed by atoms with Crippen molar-refractivity contribution in [1.82, 2.24) is 10.5 Å². The van der Waals surface area contributed by atoms with E-state index in [0.29, 0.717) is 35.5 Å². The molecule has 0 spiro atoms. The number of methoxy groups -OCH3 is 1. The fourth-order valence-electron chi connectivity index (χ4n) is 3.21. The van der Waals surface area contributed by atoms with E-state index in [9.17, 15) is 22.8 Å². The number of hydrogen-bond donors (Lipinski definition) is 1. The van der Waals surface area contributed by atoms with Crippen LogP contribution >= 0.6 is 0 Å². The van der Waals surface area contributed by atoms with Crippen molar-refractivity contribution in [3.8, 4) is 0 Å². The van der Waals surface area contributed by atoms with E-state index >= 15 is 0 Å². The molecule has 0 fully saturated rings. The van der Waals surface area contributed by atoms with Crippen molar-refractivity contribution in [2.45, 2.75) is 39.9 Å². The Balaban J connectivity index is 2.11. The number of aryl methyl sites for hydroxylation is 1. The van der Waals surface area contributed by atoms with Crippen LogP contribution in [0.1, 0.15) is 47.3 Å². The summed E-state index contributed by atoms with van der Waals surface area (Å²) < 4.78 is 43.8. The molecule has 0 aliphatic carbocycles.